The van der Waals surface area contributed by atoms with E-state index in [2.05, 4.69) is 10.6 Å². The molecule has 2 aliphatic heterocycles. The van der Waals surface area contributed by atoms with Crippen LogP contribution in [-0.4, -0.2) is 54.5 Å². The minimum Gasteiger partial charge on any atom is -0.356 e. The number of carbonyl (C=O) groups excluding carboxylic acids is 3. The standard InChI is InChI=1S/C18H22ClN3O4/c1-11(23)22-8-6-12(7-9-22)20-18(25)17-16(21-15(24)10-26-17)13-4-2-3-5-14(13)19/h2-5,12,16-17H,6-10H2,1H3,(H,20,25)(H,21,24)/t16-,17+/m1/s1. The van der Waals surface area contributed by atoms with Crippen LogP contribution in [0.25, 0.3) is 0 Å². The predicted molar refractivity (Wildman–Crippen MR) is 95.5 cm³/mol. The summed E-state index contributed by atoms with van der Waals surface area (Å²) in [6.07, 6.45) is 0.543. The average molecular weight is 380 g/mol. The summed E-state index contributed by atoms with van der Waals surface area (Å²) in [6, 6.07) is 6.41. The third kappa shape index (κ3) is 4.16. The second-order valence-corrected chi connectivity index (χ2v) is 6.99. The van der Waals surface area contributed by atoms with Crippen molar-refractivity contribution in [1.29, 1.82) is 0 Å². The Morgan fingerprint density at radius 2 is 1.96 bits per heavy atom. The second kappa shape index (κ2) is 8.05. The summed E-state index contributed by atoms with van der Waals surface area (Å²) in [5, 5.41) is 6.26. The highest BCUT2D eigenvalue weighted by Crippen LogP contribution is 2.28. The summed E-state index contributed by atoms with van der Waals surface area (Å²) in [5.41, 5.74) is 0.647. The van der Waals surface area contributed by atoms with Gasteiger partial charge in [0.2, 0.25) is 11.8 Å². The van der Waals surface area contributed by atoms with Gasteiger partial charge < -0.3 is 20.3 Å². The van der Waals surface area contributed by atoms with E-state index in [0.29, 0.717) is 36.5 Å². The number of nitrogens with zero attached hydrogens (tertiary/aromatic N) is 1. The van der Waals surface area contributed by atoms with Gasteiger partial charge in [-0.2, -0.15) is 0 Å². The van der Waals surface area contributed by atoms with Crippen molar-refractivity contribution in [2.45, 2.75) is 38.0 Å². The van der Waals surface area contributed by atoms with Crippen LogP contribution in [0, 0.1) is 0 Å². The maximum atomic E-state index is 12.8. The number of ether oxygens (including phenoxy) is 1. The summed E-state index contributed by atoms with van der Waals surface area (Å²) in [6.45, 7) is 2.63. The summed E-state index contributed by atoms with van der Waals surface area (Å²) < 4.78 is 5.53. The molecule has 0 bridgehead atoms. The Hall–Kier alpha value is -2.12. The number of nitrogens with one attached hydrogen (secondary N) is 2. The molecule has 3 rings (SSSR count). The smallest absolute Gasteiger partial charge is 0.251 e. The lowest BCUT2D eigenvalue weighted by Crippen LogP contribution is -2.55. The summed E-state index contributed by atoms with van der Waals surface area (Å²) in [4.78, 5) is 37.7. The Morgan fingerprint density at radius 3 is 2.62 bits per heavy atom. The molecular weight excluding hydrogens is 358 g/mol. The van der Waals surface area contributed by atoms with Crippen molar-refractivity contribution in [3.05, 3.63) is 34.9 Å². The molecule has 7 nitrogen and oxygen atoms in total. The minimum absolute atomic E-state index is 0.0220. The van der Waals surface area contributed by atoms with Crippen LogP contribution in [0.15, 0.2) is 24.3 Å². The molecule has 2 aliphatic rings. The molecule has 140 valence electrons. The van der Waals surface area contributed by atoms with Crippen LogP contribution in [0.3, 0.4) is 0 Å². The lowest BCUT2D eigenvalue weighted by molar-refractivity contribution is -0.148. The van der Waals surface area contributed by atoms with Gasteiger partial charge in [0.1, 0.15) is 6.61 Å². The maximum absolute atomic E-state index is 12.8. The van der Waals surface area contributed by atoms with Crippen molar-refractivity contribution in [3.63, 3.8) is 0 Å². The fourth-order valence-electron chi connectivity index (χ4n) is 3.37. The zero-order chi connectivity index (χ0) is 18.7. The van der Waals surface area contributed by atoms with Gasteiger partial charge in [0.15, 0.2) is 6.10 Å². The first-order chi connectivity index (χ1) is 12.5. The van der Waals surface area contributed by atoms with E-state index >= 15 is 0 Å². The van der Waals surface area contributed by atoms with E-state index in [4.69, 9.17) is 16.3 Å². The molecule has 2 N–H and O–H groups in total. The molecule has 0 saturated carbocycles. The predicted octanol–water partition coefficient (Wildman–Crippen LogP) is 1.02. The monoisotopic (exact) mass is 379 g/mol. The summed E-state index contributed by atoms with van der Waals surface area (Å²) in [7, 11) is 0. The SMILES string of the molecule is CC(=O)N1CCC(NC(=O)[C@H]2OCC(=O)N[C@@H]2c2ccccc2Cl)CC1. The van der Waals surface area contributed by atoms with Crippen LogP contribution in [0.4, 0.5) is 0 Å². The van der Waals surface area contributed by atoms with Crippen molar-refractivity contribution >= 4 is 29.3 Å². The topological polar surface area (TPSA) is 87.7 Å². The highest BCUT2D eigenvalue weighted by atomic mass is 35.5. The molecule has 2 heterocycles. The van der Waals surface area contributed by atoms with Gasteiger partial charge in [-0.05, 0) is 24.5 Å². The van der Waals surface area contributed by atoms with Gasteiger partial charge in [0.05, 0.1) is 6.04 Å². The number of likely N-dealkylation sites (tertiary alicyclic amines) is 1. The molecule has 8 heteroatoms. The van der Waals surface area contributed by atoms with Crippen LogP contribution in [0.5, 0.6) is 0 Å². The number of halogens is 1. The Balaban J connectivity index is 1.68. The third-order valence-corrected chi connectivity index (χ3v) is 5.14. The fourth-order valence-corrected chi connectivity index (χ4v) is 3.62. The number of piperidine rings is 1. The highest BCUT2D eigenvalue weighted by molar-refractivity contribution is 6.31. The Morgan fingerprint density at radius 1 is 1.27 bits per heavy atom. The molecule has 26 heavy (non-hydrogen) atoms. The van der Waals surface area contributed by atoms with Gasteiger partial charge in [-0.15, -0.1) is 0 Å². The van der Waals surface area contributed by atoms with E-state index in [0.717, 1.165) is 0 Å². The van der Waals surface area contributed by atoms with E-state index < -0.39 is 12.1 Å². The normalized spacial score (nSPS) is 24.1. The van der Waals surface area contributed by atoms with Gasteiger partial charge in [-0.25, -0.2) is 0 Å². The third-order valence-electron chi connectivity index (χ3n) is 4.80. The van der Waals surface area contributed by atoms with E-state index in [1.54, 1.807) is 36.1 Å². The highest BCUT2D eigenvalue weighted by Gasteiger charge is 2.38. The molecule has 1 aromatic rings. The molecule has 2 saturated heterocycles. The molecule has 0 radical (unpaired) electrons. The zero-order valence-electron chi connectivity index (χ0n) is 14.5. The molecule has 0 aliphatic carbocycles. The lowest BCUT2D eigenvalue weighted by atomic mass is 9.98. The van der Waals surface area contributed by atoms with E-state index in [9.17, 15) is 14.4 Å². The molecule has 0 unspecified atom stereocenters. The second-order valence-electron chi connectivity index (χ2n) is 6.59. The van der Waals surface area contributed by atoms with Crippen LogP contribution in [0.1, 0.15) is 31.4 Å². The molecule has 1 aromatic carbocycles. The Kier molecular flexibility index (Phi) is 5.78. The molecule has 2 fully saturated rings. The van der Waals surface area contributed by atoms with E-state index in [1.165, 1.54) is 0 Å². The van der Waals surface area contributed by atoms with Crippen LogP contribution >= 0.6 is 11.6 Å². The number of morpholine rings is 1. The molecule has 2 atom stereocenters. The van der Waals surface area contributed by atoms with Gasteiger partial charge in [-0.1, -0.05) is 29.8 Å². The zero-order valence-corrected chi connectivity index (χ0v) is 15.3. The number of rotatable bonds is 3. The van der Waals surface area contributed by atoms with Crippen molar-refractivity contribution in [2.75, 3.05) is 19.7 Å². The van der Waals surface area contributed by atoms with Gasteiger partial charge in [-0.3, -0.25) is 14.4 Å². The summed E-state index contributed by atoms with van der Waals surface area (Å²) >= 11 is 6.24. The van der Waals surface area contributed by atoms with Crippen LogP contribution < -0.4 is 10.6 Å². The molecular formula is C18H22ClN3O4. The Labute approximate surface area is 157 Å². The largest absolute Gasteiger partial charge is 0.356 e. The lowest BCUT2D eigenvalue weighted by Gasteiger charge is -2.35. The van der Waals surface area contributed by atoms with E-state index in [-0.39, 0.29) is 30.4 Å². The van der Waals surface area contributed by atoms with Gasteiger partial charge in [0.25, 0.3) is 5.91 Å². The number of carbonyl (C=O) groups is 3. The number of benzene rings is 1. The average Bonchev–Trinajstić information content (AvgIpc) is 2.62. The van der Waals surface area contributed by atoms with Crippen molar-refractivity contribution < 1.29 is 19.1 Å². The first kappa shape index (κ1) is 18.7. The fraction of sp³-hybridized carbons (Fsp3) is 0.500. The minimum atomic E-state index is -0.849. The Bertz CT molecular complexity index is 703. The van der Waals surface area contributed by atoms with Crippen molar-refractivity contribution in [3.8, 4) is 0 Å². The first-order valence-electron chi connectivity index (χ1n) is 8.67. The molecule has 0 spiro atoms. The quantitative estimate of drug-likeness (QED) is 0.820. The van der Waals surface area contributed by atoms with Crippen LogP contribution in [0.2, 0.25) is 5.02 Å². The number of hydrogen-bond acceptors (Lipinski definition) is 4. The van der Waals surface area contributed by atoms with Crippen molar-refractivity contribution in [2.24, 2.45) is 0 Å². The molecule has 0 aromatic heterocycles. The number of amides is 3. The van der Waals surface area contributed by atoms with E-state index in [1.807, 2.05) is 0 Å². The first-order valence-corrected chi connectivity index (χ1v) is 9.05. The summed E-state index contributed by atoms with van der Waals surface area (Å²) in [5.74, 6) is -0.517. The van der Waals surface area contributed by atoms with Crippen LogP contribution in [-0.2, 0) is 19.1 Å². The van der Waals surface area contributed by atoms with Crippen molar-refractivity contribution in [1.82, 2.24) is 15.5 Å². The number of hydrogen-bond donors (Lipinski definition) is 2. The molecule has 3 amide bonds. The maximum Gasteiger partial charge on any atom is 0.251 e. The van der Waals surface area contributed by atoms with Gasteiger partial charge >= 0.3 is 0 Å². The van der Waals surface area contributed by atoms with Gasteiger partial charge in [0, 0.05) is 31.1 Å².